The highest BCUT2D eigenvalue weighted by molar-refractivity contribution is 5.71. The zero-order valence-corrected chi connectivity index (χ0v) is 14.5. The number of imidazole rings is 1. The van der Waals surface area contributed by atoms with Gasteiger partial charge in [0.05, 0.1) is 6.61 Å². The first-order valence-corrected chi connectivity index (χ1v) is 8.55. The normalized spacial score (nSPS) is 11.3. The minimum Gasteiger partial charge on any atom is -0.494 e. The third-order valence-electron chi connectivity index (χ3n) is 3.80. The molecule has 24 heavy (non-hydrogen) atoms. The average Bonchev–Trinajstić information content (AvgIpc) is 2.95. The first kappa shape index (κ1) is 16.4. The van der Waals surface area contributed by atoms with Crippen LogP contribution in [0.2, 0.25) is 0 Å². The Morgan fingerprint density at radius 2 is 2.04 bits per heavy atom. The fourth-order valence-electron chi connectivity index (χ4n) is 2.78. The van der Waals surface area contributed by atoms with E-state index in [0.717, 1.165) is 47.7 Å². The van der Waals surface area contributed by atoms with E-state index in [-0.39, 0.29) is 0 Å². The monoisotopic (exact) mass is 324 g/mol. The topological polar surface area (TPSA) is 63.7 Å². The van der Waals surface area contributed by atoms with Crippen molar-refractivity contribution in [1.29, 1.82) is 0 Å². The zero-order chi connectivity index (χ0) is 16.9. The third-order valence-corrected chi connectivity index (χ3v) is 3.80. The number of ether oxygens (including phenoxy) is 1. The highest BCUT2D eigenvalue weighted by Gasteiger charge is 2.07. The lowest BCUT2D eigenvalue weighted by Crippen LogP contribution is -1.98. The van der Waals surface area contributed by atoms with Gasteiger partial charge in [0.15, 0.2) is 5.65 Å². The fourth-order valence-corrected chi connectivity index (χ4v) is 2.78. The van der Waals surface area contributed by atoms with E-state index in [4.69, 9.17) is 4.74 Å². The van der Waals surface area contributed by atoms with E-state index in [0.29, 0.717) is 12.5 Å². The number of nitrogens with one attached hydrogen (secondary N) is 1. The van der Waals surface area contributed by atoms with Crippen LogP contribution in [0.15, 0.2) is 30.6 Å². The van der Waals surface area contributed by atoms with Crippen LogP contribution in [0.25, 0.3) is 11.2 Å². The summed E-state index contributed by atoms with van der Waals surface area (Å²) in [4.78, 5) is 16.9. The van der Waals surface area contributed by atoms with Gasteiger partial charge in [-0.2, -0.15) is 0 Å². The van der Waals surface area contributed by atoms with Crippen molar-refractivity contribution in [3.63, 3.8) is 0 Å². The lowest BCUT2D eigenvalue weighted by atomic mass is 10.0. The highest BCUT2D eigenvalue weighted by atomic mass is 16.5. The molecule has 126 valence electrons. The molecule has 1 N–H and O–H groups in total. The molecular formula is C19H24N4O. The maximum Gasteiger partial charge on any atom is 0.157 e. The van der Waals surface area contributed by atoms with E-state index in [1.165, 1.54) is 5.56 Å². The molecule has 5 nitrogen and oxygen atoms in total. The summed E-state index contributed by atoms with van der Waals surface area (Å²) in [6, 6.07) is 6.01. The minimum atomic E-state index is 0.617. The van der Waals surface area contributed by atoms with Gasteiger partial charge in [-0.3, -0.25) is 4.98 Å². The van der Waals surface area contributed by atoms with E-state index in [2.05, 4.69) is 39.8 Å². The summed E-state index contributed by atoms with van der Waals surface area (Å²) < 4.78 is 5.52. The van der Waals surface area contributed by atoms with Gasteiger partial charge in [-0.15, -0.1) is 0 Å². The highest BCUT2D eigenvalue weighted by Crippen LogP contribution is 2.16. The van der Waals surface area contributed by atoms with Crippen molar-refractivity contribution in [3.8, 4) is 5.75 Å². The van der Waals surface area contributed by atoms with Crippen molar-refractivity contribution < 1.29 is 4.74 Å². The first-order valence-electron chi connectivity index (χ1n) is 8.55. The van der Waals surface area contributed by atoms with Gasteiger partial charge in [0.1, 0.15) is 17.1 Å². The molecule has 0 unspecified atom stereocenters. The van der Waals surface area contributed by atoms with Crippen LogP contribution in [0.1, 0.15) is 37.9 Å². The summed E-state index contributed by atoms with van der Waals surface area (Å²) in [5, 5.41) is 0. The number of hydrogen-bond donors (Lipinski definition) is 1. The van der Waals surface area contributed by atoms with Crippen LogP contribution in [-0.4, -0.2) is 26.5 Å². The molecular weight excluding hydrogens is 300 g/mol. The predicted molar refractivity (Wildman–Crippen MR) is 95.2 cm³/mol. The minimum absolute atomic E-state index is 0.617. The van der Waals surface area contributed by atoms with E-state index < -0.39 is 0 Å². The quantitative estimate of drug-likeness (QED) is 0.719. The van der Waals surface area contributed by atoms with Crippen LogP contribution in [-0.2, 0) is 19.3 Å². The van der Waals surface area contributed by atoms with Crippen LogP contribution >= 0.6 is 0 Å². The molecule has 0 saturated carbocycles. The maximum atomic E-state index is 5.52. The van der Waals surface area contributed by atoms with Crippen LogP contribution in [0.5, 0.6) is 5.75 Å². The Morgan fingerprint density at radius 3 is 2.83 bits per heavy atom. The number of aryl methyl sites for hydroxylation is 2. The van der Waals surface area contributed by atoms with Gasteiger partial charge in [0.25, 0.3) is 0 Å². The van der Waals surface area contributed by atoms with Crippen molar-refractivity contribution in [3.05, 3.63) is 47.7 Å². The Hall–Kier alpha value is -2.43. The Kier molecular flexibility index (Phi) is 5.08. The number of aromatic amines is 1. The standard InChI is InChI=1S/C19H24N4O/c1-4-24-16-7-8-20-15(11-16)5-6-18-22-17-10-14(9-13(2)3)12-21-19(17)23-18/h7-8,10-13H,4-6,9H2,1-3H3,(H,21,22,23). The Labute approximate surface area is 142 Å². The molecule has 3 aromatic rings. The average molecular weight is 324 g/mol. The SMILES string of the molecule is CCOc1ccnc(CCc2nc3cc(CC(C)C)cnc3[nH]2)c1. The van der Waals surface area contributed by atoms with Crippen molar-refractivity contribution in [1.82, 2.24) is 19.9 Å². The van der Waals surface area contributed by atoms with Crippen LogP contribution < -0.4 is 4.74 Å². The maximum absolute atomic E-state index is 5.52. The molecule has 0 spiro atoms. The summed E-state index contributed by atoms with van der Waals surface area (Å²) >= 11 is 0. The molecule has 5 heteroatoms. The van der Waals surface area contributed by atoms with Crippen molar-refractivity contribution in [2.24, 2.45) is 5.92 Å². The molecule has 3 heterocycles. The van der Waals surface area contributed by atoms with Crippen LogP contribution in [0, 0.1) is 5.92 Å². The first-order chi connectivity index (χ1) is 11.6. The molecule has 0 amide bonds. The Balaban J connectivity index is 1.70. The molecule has 0 saturated heterocycles. The van der Waals surface area contributed by atoms with Gasteiger partial charge in [-0.1, -0.05) is 13.8 Å². The van der Waals surface area contributed by atoms with E-state index in [9.17, 15) is 0 Å². The largest absolute Gasteiger partial charge is 0.494 e. The number of hydrogen-bond acceptors (Lipinski definition) is 4. The summed E-state index contributed by atoms with van der Waals surface area (Å²) in [5.74, 6) is 2.43. The number of pyridine rings is 2. The fraction of sp³-hybridized carbons (Fsp3) is 0.421. The molecule has 0 fully saturated rings. The van der Waals surface area contributed by atoms with Crippen LogP contribution in [0.3, 0.4) is 0 Å². The van der Waals surface area contributed by atoms with Gasteiger partial charge in [-0.05, 0) is 43.4 Å². The summed E-state index contributed by atoms with van der Waals surface area (Å²) in [5.41, 5.74) is 4.05. The van der Waals surface area contributed by atoms with Gasteiger partial charge in [0, 0.05) is 30.6 Å². The Bertz CT molecular complexity index is 810. The molecule has 0 aromatic carbocycles. The van der Waals surface area contributed by atoms with Gasteiger partial charge in [0.2, 0.25) is 0 Å². The third kappa shape index (κ3) is 4.10. The summed E-state index contributed by atoms with van der Waals surface area (Å²) in [6.45, 7) is 7.07. The van der Waals surface area contributed by atoms with Crippen LogP contribution in [0.4, 0.5) is 0 Å². The second-order valence-corrected chi connectivity index (χ2v) is 6.41. The van der Waals surface area contributed by atoms with Gasteiger partial charge < -0.3 is 9.72 Å². The Morgan fingerprint density at radius 1 is 1.17 bits per heavy atom. The van der Waals surface area contributed by atoms with E-state index in [1.54, 1.807) is 6.20 Å². The molecule has 0 aliphatic rings. The van der Waals surface area contributed by atoms with Gasteiger partial charge in [-0.25, -0.2) is 9.97 Å². The molecule has 0 bridgehead atoms. The van der Waals surface area contributed by atoms with E-state index >= 15 is 0 Å². The zero-order valence-electron chi connectivity index (χ0n) is 14.5. The lowest BCUT2D eigenvalue weighted by Gasteiger charge is -2.04. The molecule has 0 aliphatic heterocycles. The molecule has 0 atom stereocenters. The molecule has 0 aliphatic carbocycles. The van der Waals surface area contributed by atoms with Gasteiger partial charge >= 0.3 is 0 Å². The number of aromatic nitrogens is 4. The van der Waals surface area contributed by atoms with Crippen molar-refractivity contribution in [2.75, 3.05) is 6.61 Å². The molecule has 3 aromatic heterocycles. The number of fused-ring (bicyclic) bond motifs is 1. The number of H-pyrrole nitrogens is 1. The molecule has 0 radical (unpaired) electrons. The van der Waals surface area contributed by atoms with Crippen molar-refractivity contribution in [2.45, 2.75) is 40.0 Å². The molecule has 3 rings (SSSR count). The number of nitrogens with zero attached hydrogens (tertiary/aromatic N) is 3. The second kappa shape index (κ2) is 7.43. The second-order valence-electron chi connectivity index (χ2n) is 6.41. The number of rotatable bonds is 7. The predicted octanol–water partition coefficient (Wildman–Crippen LogP) is 3.74. The van der Waals surface area contributed by atoms with Crippen molar-refractivity contribution >= 4 is 11.2 Å². The lowest BCUT2D eigenvalue weighted by molar-refractivity contribution is 0.339. The summed E-state index contributed by atoms with van der Waals surface area (Å²) in [6.07, 6.45) is 6.38. The summed E-state index contributed by atoms with van der Waals surface area (Å²) in [7, 11) is 0. The smallest absolute Gasteiger partial charge is 0.157 e. The van der Waals surface area contributed by atoms with E-state index in [1.807, 2.05) is 25.3 Å².